The number of nitrogens with zero attached hydrogens (tertiary/aromatic N) is 1. The van der Waals surface area contributed by atoms with Gasteiger partial charge in [-0.1, -0.05) is 60.7 Å². The number of aromatic hydroxyl groups is 1. The fourth-order valence-corrected chi connectivity index (χ4v) is 6.81. The van der Waals surface area contributed by atoms with Gasteiger partial charge in [0.1, 0.15) is 5.75 Å². The average molecular weight is 763 g/mol. The summed E-state index contributed by atoms with van der Waals surface area (Å²) in [5, 5.41) is 38.0. The van der Waals surface area contributed by atoms with E-state index in [2.05, 4.69) is 15.6 Å². The van der Waals surface area contributed by atoms with Crippen LogP contribution in [0.25, 0.3) is 22.0 Å². The van der Waals surface area contributed by atoms with Gasteiger partial charge in [-0.25, -0.2) is 4.79 Å². The van der Waals surface area contributed by atoms with Crippen LogP contribution in [0.3, 0.4) is 0 Å². The summed E-state index contributed by atoms with van der Waals surface area (Å²) in [5.74, 6) is -0.217. The molecule has 1 fully saturated rings. The van der Waals surface area contributed by atoms with Crippen molar-refractivity contribution in [1.29, 1.82) is 0 Å². The number of aromatic amines is 1. The second kappa shape index (κ2) is 18.7. The molecule has 0 bridgehead atoms. The van der Waals surface area contributed by atoms with Gasteiger partial charge in [-0.05, 0) is 84.7 Å². The van der Waals surface area contributed by atoms with E-state index >= 15 is 0 Å². The predicted molar refractivity (Wildman–Crippen MR) is 213 cm³/mol. The molecule has 13 heteroatoms. The maximum Gasteiger partial charge on any atom is 0.412 e. The zero-order valence-corrected chi connectivity index (χ0v) is 30.7. The van der Waals surface area contributed by atoms with Crippen molar-refractivity contribution in [1.82, 2.24) is 10.3 Å². The van der Waals surface area contributed by atoms with Gasteiger partial charge >= 0.3 is 6.09 Å². The standard InChI is InChI=1S/C40H43N5O6.2ClH/c41-28-10-14-30(15-11-28)45(40(50)51)34-22-25(8-16-31(34)27-4-2-1-3-5-27)9-20-37(48)43-29-12-6-26(7-13-29)23-42-24-36(47)32-17-19-35(46)39-33(32)18-21-38(49)44-39;;/h1-8,12-13,16-19,21-22,28,30,36,42,46-47H,9-11,14-15,20,23-24,41H2,(H,43,48)(H,44,49)(H,50,51);2*1H/t28?,30?,36-;;/m1../s1. The van der Waals surface area contributed by atoms with Crippen molar-refractivity contribution in [2.45, 2.75) is 63.3 Å². The molecule has 0 spiro atoms. The Morgan fingerprint density at radius 3 is 2.28 bits per heavy atom. The van der Waals surface area contributed by atoms with Crippen LogP contribution >= 0.6 is 24.8 Å². The number of carbonyl (C=O) groups excluding carboxylic acids is 1. The molecule has 2 amide bonds. The predicted octanol–water partition coefficient (Wildman–Crippen LogP) is 6.89. The quantitative estimate of drug-likeness (QED) is 0.0718. The summed E-state index contributed by atoms with van der Waals surface area (Å²) in [6.45, 7) is 0.713. The molecule has 1 aromatic heterocycles. The summed E-state index contributed by atoms with van der Waals surface area (Å²) in [7, 11) is 0. The third-order valence-corrected chi connectivity index (χ3v) is 9.53. The first-order valence-electron chi connectivity index (χ1n) is 17.2. The van der Waals surface area contributed by atoms with Crippen LogP contribution in [0.1, 0.15) is 54.9 Å². The molecule has 1 atom stereocenters. The van der Waals surface area contributed by atoms with Crippen molar-refractivity contribution in [2.24, 2.45) is 5.73 Å². The molecule has 1 aliphatic carbocycles. The van der Waals surface area contributed by atoms with Gasteiger partial charge in [0, 0.05) is 54.3 Å². The third-order valence-electron chi connectivity index (χ3n) is 9.53. The Hall–Kier alpha value is -4.91. The van der Waals surface area contributed by atoms with Crippen molar-refractivity contribution < 1.29 is 24.9 Å². The lowest BCUT2D eigenvalue weighted by Crippen LogP contribution is -2.44. The van der Waals surface area contributed by atoms with Gasteiger partial charge in [-0.3, -0.25) is 14.5 Å². The highest BCUT2D eigenvalue weighted by Crippen LogP contribution is 2.36. The lowest BCUT2D eigenvalue weighted by atomic mass is 9.89. The topological polar surface area (TPSA) is 181 Å². The number of anilines is 2. The molecule has 0 saturated heterocycles. The van der Waals surface area contributed by atoms with E-state index in [9.17, 15) is 29.7 Å². The number of aromatic nitrogens is 1. The largest absolute Gasteiger partial charge is 0.506 e. The molecule has 4 aromatic carbocycles. The number of carboxylic acid groups (broad SMARTS) is 1. The second-order valence-corrected chi connectivity index (χ2v) is 13.1. The fourth-order valence-electron chi connectivity index (χ4n) is 6.81. The van der Waals surface area contributed by atoms with Crippen LogP contribution in [0.2, 0.25) is 0 Å². The summed E-state index contributed by atoms with van der Waals surface area (Å²) in [5.41, 5.74) is 11.5. The molecule has 280 valence electrons. The number of aliphatic hydroxyl groups is 1. The van der Waals surface area contributed by atoms with Gasteiger partial charge in [0.05, 0.1) is 17.3 Å². The van der Waals surface area contributed by atoms with Crippen LogP contribution in [0.15, 0.2) is 102 Å². The lowest BCUT2D eigenvalue weighted by molar-refractivity contribution is -0.116. The van der Waals surface area contributed by atoms with Crippen molar-refractivity contribution in [3.8, 4) is 16.9 Å². The van der Waals surface area contributed by atoms with Gasteiger partial charge < -0.3 is 36.7 Å². The summed E-state index contributed by atoms with van der Waals surface area (Å²) in [4.78, 5) is 41.4. The minimum atomic E-state index is -0.998. The number of carbonyl (C=O) groups is 2. The number of halogens is 2. The molecule has 1 saturated carbocycles. The lowest BCUT2D eigenvalue weighted by Gasteiger charge is -2.35. The number of phenols is 1. The monoisotopic (exact) mass is 761 g/mol. The Balaban J connectivity index is 0.00000314. The van der Waals surface area contributed by atoms with Gasteiger partial charge in [0.2, 0.25) is 11.5 Å². The van der Waals surface area contributed by atoms with E-state index in [-0.39, 0.29) is 72.6 Å². The number of nitrogens with one attached hydrogen (secondary N) is 3. The number of fused-ring (bicyclic) bond motifs is 1. The third kappa shape index (κ3) is 10.2. The Kier molecular flexibility index (Phi) is 14.4. The Morgan fingerprint density at radius 2 is 1.58 bits per heavy atom. The first-order valence-corrected chi connectivity index (χ1v) is 17.2. The zero-order valence-electron chi connectivity index (χ0n) is 29.0. The first kappa shape index (κ1) is 40.9. The summed E-state index contributed by atoms with van der Waals surface area (Å²) in [6, 6.07) is 28.9. The molecular formula is C40H45Cl2N5O6. The molecule has 0 aliphatic heterocycles. The molecule has 53 heavy (non-hydrogen) atoms. The van der Waals surface area contributed by atoms with Crippen molar-refractivity contribution >= 4 is 59.1 Å². The number of rotatable bonds is 12. The van der Waals surface area contributed by atoms with E-state index in [1.165, 1.54) is 17.0 Å². The maximum atomic E-state index is 13.0. The van der Waals surface area contributed by atoms with Crippen LogP contribution in [-0.4, -0.2) is 50.9 Å². The molecule has 5 aromatic rings. The number of aryl methyl sites for hydroxylation is 1. The molecular weight excluding hydrogens is 717 g/mol. The highest BCUT2D eigenvalue weighted by molar-refractivity contribution is 5.94. The summed E-state index contributed by atoms with van der Waals surface area (Å²) < 4.78 is 0. The number of nitrogens with two attached hydrogens (primary N) is 1. The van der Waals surface area contributed by atoms with Gasteiger partial charge in [0.25, 0.3) is 0 Å². The SMILES string of the molecule is Cl.Cl.NC1CCC(N(C(=O)O)c2cc(CCC(=O)Nc3ccc(CNC[C@@H](O)c4ccc(O)c5[nH]c(=O)ccc45)cc3)ccc2-c2ccccc2)CC1. The first-order chi connectivity index (χ1) is 24.7. The Labute approximate surface area is 320 Å². The number of phenolic OH excluding ortho intramolecular Hbond substituents is 1. The van der Waals surface area contributed by atoms with Gasteiger partial charge in [-0.2, -0.15) is 0 Å². The van der Waals surface area contributed by atoms with E-state index in [4.69, 9.17) is 5.73 Å². The average Bonchev–Trinajstić information content (AvgIpc) is 3.13. The summed E-state index contributed by atoms with van der Waals surface area (Å²) in [6.07, 6.45) is 1.74. The van der Waals surface area contributed by atoms with Crippen molar-refractivity contribution in [3.05, 3.63) is 124 Å². The highest BCUT2D eigenvalue weighted by Gasteiger charge is 2.30. The minimum absolute atomic E-state index is 0. The van der Waals surface area contributed by atoms with E-state index in [0.717, 1.165) is 35.1 Å². The number of H-pyrrole nitrogens is 1. The zero-order chi connectivity index (χ0) is 35.9. The van der Waals surface area contributed by atoms with E-state index in [1.807, 2.05) is 72.8 Å². The molecule has 6 rings (SSSR count). The molecule has 11 nitrogen and oxygen atoms in total. The normalized spacial score (nSPS) is 15.8. The molecule has 0 unspecified atom stereocenters. The summed E-state index contributed by atoms with van der Waals surface area (Å²) >= 11 is 0. The van der Waals surface area contributed by atoms with E-state index in [0.29, 0.717) is 48.1 Å². The van der Waals surface area contributed by atoms with Gasteiger partial charge in [0.15, 0.2) is 0 Å². The van der Waals surface area contributed by atoms with Crippen LogP contribution < -0.4 is 26.8 Å². The van der Waals surface area contributed by atoms with E-state index < -0.39 is 12.2 Å². The Bertz CT molecular complexity index is 2050. The molecule has 0 radical (unpaired) electrons. The van der Waals surface area contributed by atoms with Crippen LogP contribution in [0.5, 0.6) is 5.75 Å². The van der Waals surface area contributed by atoms with Crippen molar-refractivity contribution in [3.63, 3.8) is 0 Å². The Morgan fingerprint density at radius 1 is 0.887 bits per heavy atom. The molecule has 8 N–H and O–H groups in total. The number of amides is 2. The highest BCUT2D eigenvalue weighted by atomic mass is 35.5. The van der Waals surface area contributed by atoms with Crippen LogP contribution in [0.4, 0.5) is 16.2 Å². The number of pyridine rings is 1. The second-order valence-electron chi connectivity index (χ2n) is 13.1. The smallest absolute Gasteiger partial charge is 0.412 e. The fraction of sp³-hybridized carbons (Fsp3) is 0.275. The van der Waals surface area contributed by atoms with Gasteiger partial charge in [-0.15, -0.1) is 24.8 Å². The number of aliphatic hydroxyl groups excluding tert-OH is 1. The molecule has 1 aliphatic rings. The molecule has 1 heterocycles. The minimum Gasteiger partial charge on any atom is -0.506 e. The maximum absolute atomic E-state index is 13.0. The van der Waals surface area contributed by atoms with Crippen molar-refractivity contribution in [2.75, 3.05) is 16.8 Å². The number of hydrogen-bond acceptors (Lipinski definition) is 7. The van der Waals surface area contributed by atoms with E-state index in [1.54, 1.807) is 12.1 Å². The number of benzene rings is 4. The number of hydrogen-bond donors (Lipinski definition) is 7. The van der Waals surface area contributed by atoms with Crippen LogP contribution in [-0.2, 0) is 17.8 Å². The van der Waals surface area contributed by atoms with Crippen LogP contribution in [0, 0.1) is 0 Å².